The molecule has 3 heterocycles. The predicted octanol–water partition coefficient (Wildman–Crippen LogP) is 3.86. The van der Waals surface area contributed by atoms with E-state index in [1.165, 1.54) is 4.31 Å². The van der Waals surface area contributed by atoms with Crippen molar-refractivity contribution in [3.63, 3.8) is 0 Å². The van der Waals surface area contributed by atoms with Crippen LogP contribution in [0.5, 0.6) is 5.75 Å². The van der Waals surface area contributed by atoms with Crippen LogP contribution in [0.25, 0.3) is 10.9 Å². The molecule has 0 bridgehead atoms. The zero-order valence-corrected chi connectivity index (χ0v) is 19.3. The molecule has 0 saturated carbocycles. The van der Waals surface area contributed by atoms with Crippen LogP contribution in [0.1, 0.15) is 24.0 Å². The minimum Gasteiger partial charge on any atom is -0.495 e. The Hall–Kier alpha value is -3.17. The van der Waals surface area contributed by atoms with E-state index in [9.17, 15) is 13.2 Å². The fourth-order valence-corrected chi connectivity index (χ4v) is 6.32. The van der Waals surface area contributed by atoms with Crippen molar-refractivity contribution >= 4 is 32.7 Å². The number of rotatable bonds is 4. The van der Waals surface area contributed by atoms with Gasteiger partial charge < -0.3 is 9.47 Å². The molecule has 1 amide bonds. The molecule has 0 aliphatic carbocycles. The summed E-state index contributed by atoms with van der Waals surface area (Å²) in [4.78, 5) is 18.9. The highest BCUT2D eigenvalue weighted by Gasteiger charge is 2.39. The molecular weight excluding hydrogens is 442 g/mol. The Morgan fingerprint density at radius 3 is 2.64 bits per heavy atom. The van der Waals surface area contributed by atoms with Crippen molar-refractivity contribution in [1.82, 2.24) is 9.29 Å². The molecule has 0 spiro atoms. The molecule has 2 aromatic carbocycles. The Balaban J connectivity index is 1.41. The van der Waals surface area contributed by atoms with Crippen molar-refractivity contribution < 1.29 is 22.7 Å². The van der Waals surface area contributed by atoms with E-state index in [0.29, 0.717) is 42.9 Å². The van der Waals surface area contributed by atoms with Crippen LogP contribution in [0.3, 0.4) is 0 Å². The Labute approximate surface area is 192 Å². The van der Waals surface area contributed by atoms with Gasteiger partial charge in [0.25, 0.3) is 0 Å². The summed E-state index contributed by atoms with van der Waals surface area (Å²) in [5.74, 6) is 0.608. The zero-order valence-electron chi connectivity index (χ0n) is 18.5. The number of cyclic esters (lactones) is 1. The number of methoxy groups -OCH3 is 1. The second-order valence-corrected chi connectivity index (χ2v) is 10.3. The smallest absolute Gasteiger partial charge is 0.415 e. The van der Waals surface area contributed by atoms with Crippen molar-refractivity contribution in [2.24, 2.45) is 0 Å². The summed E-state index contributed by atoms with van der Waals surface area (Å²) < 4.78 is 39.4. The fraction of sp³-hybridized carbons (Fsp3) is 0.333. The van der Waals surface area contributed by atoms with Crippen LogP contribution in [0, 0.1) is 6.92 Å². The van der Waals surface area contributed by atoms with E-state index in [1.807, 2.05) is 37.3 Å². The molecule has 2 aliphatic rings. The number of hydrogen-bond donors (Lipinski definition) is 0. The van der Waals surface area contributed by atoms with Gasteiger partial charge >= 0.3 is 6.09 Å². The topological polar surface area (TPSA) is 89.0 Å². The average molecular weight is 468 g/mol. The average Bonchev–Trinajstić information content (AvgIpc) is 2.83. The minimum absolute atomic E-state index is 0.187. The molecule has 9 heteroatoms. The number of anilines is 1. The molecule has 2 aliphatic heterocycles. The van der Waals surface area contributed by atoms with Gasteiger partial charge in [-0.1, -0.05) is 24.3 Å². The second kappa shape index (κ2) is 8.31. The van der Waals surface area contributed by atoms with Crippen LogP contribution >= 0.6 is 0 Å². The van der Waals surface area contributed by atoms with Gasteiger partial charge in [0.1, 0.15) is 17.3 Å². The lowest BCUT2D eigenvalue weighted by Crippen LogP contribution is -2.50. The first-order valence-electron chi connectivity index (χ1n) is 10.9. The molecule has 0 radical (unpaired) electrons. The Morgan fingerprint density at radius 1 is 1.12 bits per heavy atom. The largest absolute Gasteiger partial charge is 0.495 e. The molecule has 8 nitrogen and oxygen atoms in total. The lowest BCUT2D eigenvalue weighted by molar-refractivity contribution is 0.135. The number of nitrogens with zero attached hydrogens (tertiary/aromatic N) is 3. The number of fused-ring (bicyclic) bond motifs is 2. The lowest BCUT2D eigenvalue weighted by Gasteiger charge is -2.40. The molecule has 1 aromatic heterocycles. The van der Waals surface area contributed by atoms with Gasteiger partial charge in [-0.3, -0.25) is 9.88 Å². The van der Waals surface area contributed by atoms with E-state index in [2.05, 4.69) is 4.98 Å². The van der Waals surface area contributed by atoms with Gasteiger partial charge in [-0.15, -0.1) is 0 Å². The summed E-state index contributed by atoms with van der Waals surface area (Å²) in [6, 6.07) is 12.6. The number of sulfonamides is 1. The van der Waals surface area contributed by atoms with E-state index < -0.39 is 16.1 Å². The summed E-state index contributed by atoms with van der Waals surface area (Å²) in [5, 5.41) is 0.797. The lowest BCUT2D eigenvalue weighted by atomic mass is 10.0. The molecule has 33 heavy (non-hydrogen) atoms. The summed E-state index contributed by atoms with van der Waals surface area (Å²) in [6.45, 7) is 2.72. The van der Waals surface area contributed by atoms with E-state index in [1.54, 1.807) is 30.3 Å². The highest BCUT2D eigenvalue weighted by molar-refractivity contribution is 7.89. The summed E-state index contributed by atoms with van der Waals surface area (Å²) in [5.41, 5.74) is 3.04. The first kappa shape index (κ1) is 21.7. The summed E-state index contributed by atoms with van der Waals surface area (Å²) >= 11 is 0. The van der Waals surface area contributed by atoms with Crippen molar-refractivity contribution in [3.05, 3.63) is 59.8 Å². The molecular formula is C24H25N3O5S. The highest BCUT2D eigenvalue weighted by atomic mass is 32.2. The number of hydrogen-bond acceptors (Lipinski definition) is 6. The molecule has 5 rings (SSSR count). The van der Waals surface area contributed by atoms with Crippen LogP contribution in [0.15, 0.2) is 53.6 Å². The number of amides is 1. The maximum absolute atomic E-state index is 13.5. The standard InChI is InChI=1S/C24H25N3O5S/c1-16-13-17-5-4-8-21(22(17)25-14-16)33(29,30)26-11-9-19(10-12-26)27-23-18(15-32-24(27)28)6-3-7-20(23)31-2/h3-8,13-14,19H,9-12,15H2,1-2H3. The molecule has 0 unspecified atom stereocenters. The highest BCUT2D eigenvalue weighted by Crippen LogP contribution is 2.39. The maximum Gasteiger partial charge on any atom is 0.415 e. The van der Waals surface area contributed by atoms with Gasteiger partial charge in [0.15, 0.2) is 0 Å². The van der Waals surface area contributed by atoms with Crippen molar-refractivity contribution in [1.29, 1.82) is 0 Å². The third-order valence-electron chi connectivity index (χ3n) is 6.31. The third kappa shape index (κ3) is 3.71. The third-order valence-corrected chi connectivity index (χ3v) is 8.24. The van der Waals surface area contributed by atoms with Gasteiger partial charge in [-0.05, 0) is 43.5 Å². The first-order chi connectivity index (χ1) is 15.9. The van der Waals surface area contributed by atoms with Gasteiger partial charge in [0.05, 0.1) is 18.3 Å². The number of carbonyl (C=O) groups excluding carboxylic acids is 1. The predicted molar refractivity (Wildman–Crippen MR) is 124 cm³/mol. The van der Waals surface area contributed by atoms with E-state index >= 15 is 0 Å². The fourth-order valence-electron chi connectivity index (χ4n) is 4.69. The quantitative estimate of drug-likeness (QED) is 0.579. The second-order valence-electron chi connectivity index (χ2n) is 8.37. The SMILES string of the molecule is COc1cccc2c1N(C1CCN(S(=O)(=O)c3cccc4cc(C)cnc34)CC1)C(=O)OC2. The number of ether oxygens (including phenoxy) is 2. The molecule has 0 N–H and O–H groups in total. The Morgan fingerprint density at radius 2 is 1.88 bits per heavy atom. The van der Waals surface area contributed by atoms with Crippen LogP contribution in [-0.4, -0.2) is 50.0 Å². The van der Waals surface area contributed by atoms with Crippen molar-refractivity contribution in [2.45, 2.75) is 37.3 Å². The minimum atomic E-state index is -3.73. The number of piperidine rings is 1. The van der Waals surface area contributed by atoms with Gasteiger partial charge in [0, 0.05) is 36.3 Å². The molecule has 3 aromatic rings. The van der Waals surface area contributed by atoms with Crippen molar-refractivity contribution in [2.75, 3.05) is 25.1 Å². The summed E-state index contributed by atoms with van der Waals surface area (Å²) in [7, 11) is -2.16. The molecule has 1 saturated heterocycles. The van der Waals surface area contributed by atoms with Crippen molar-refractivity contribution in [3.8, 4) is 5.75 Å². The number of aryl methyl sites for hydroxylation is 1. The number of benzene rings is 2. The Bertz CT molecular complexity index is 1320. The molecule has 1 fully saturated rings. The number of para-hydroxylation sites is 2. The van der Waals surface area contributed by atoms with Crippen LogP contribution in [0.2, 0.25) is 0 Å². The van der Waals surface area contributed by atoms with Gasteiger partial charge in [-0.25, -0.2) is 13.2 Å². The summed E-state index contributed by atoms with van der Waals surface area (Å²) in [6.07, 6.45) is 2.23. The Kier molecular flexibility index (Phi) is 5.46. The normalized spacial score (nSPS) is 17.6. The van der Waals surface area contributed by atoms with Crippen LogP contribution in [0.4, 0.5) is 10.5 Å². The number of aromatic nitrogens is 1. The van der Waals surface area contributed by atoms with E-state index in [-0.39, 0.29) is 17.5 Å². The van der Waals surface area contributed by atoms with Gasteiger partial charge in [-0.2, -0.15) is 4.31 Å². The van der Waals surface area contributed by atoms with Crippen LogP contribution < -0.4 is 9.64 Å². The van der Waals surface area contributed by atoms with E-state index in [0.717, 1.165) is 16.5 Å². The molecule has 0 atom stereocenters. The number of pyridine rings is 1. The van der Waals surface area contributed by atoms with Gasteiger partial charge in [0.2, 0.25) is 10.0 Å². The maximum atomic E-state index is 13.5. The number of carbonyl (C=O) groups is 1. The van der Waals surface area contributed by atoms with Crippen LogP contribution in [-0.2, 0) is 21.4 Å². The molecule has 172 valence electrons. The zero-order chi connectivity index (χ0) is 23.2. The van der Waals surface area contributed by atoms with E-state index in [4.69, 9.17) is 9.47 Å². The monoisotopic (exact) mass is 467 g/mol. The first-order valence-corrected chi connectivity index (χ1v) is 12.3.